The maximum atomic E-state index is 12.3. The second-order valence-electron chi connectivity index (χ2n) is 9.08. The van der Waals surface area contributed by atoms with Gasteiger partial charge in [-0.1, -0.05) is 23.2 Å². The Hall–Kier alpha value is -3.24. The lowest BCUT2D eigenvalue weighted by Crippen LogP contribution is -2.39. The van der Waals surface area contributed by atoms with Crippen molar-refractivity contribution < 1.29 is 19.0 Å². The third kappa shape index (κ3) is 5.70. The molecule has 12 heteroatoms. The summed E-state index contributed by atoms with van der Waals surface area (Å²) in [6.45, 7) is 1.65. The van der Waals surface area contributed by atoms with Crippen molar-refractivity contribution in [3.63, 3.8) is 0 Å². The number of benzene rings is 1. The Labute approximate surface area is 224 Å². The van der Waals surface area contributed by atoms with Crippen molar-refractivity contribution in [3.8, 4) is 17.2 Å². The highest BCUT2D eigenvalue weighted by Crippen LogP contribution is 2.40. The number of piperidine rings is 1. The van der Waals surface area contributed by atoms with Gasteiger partial charge in [0, 0.05) is 36.8 Å². The van der Waals surface area contributed by atoms with E-state index in [0.717, 1.165) is 44.5 Å². The number of anilines is 2. The van der Waals surface area contributed by atoms with Crippen LogP contribution in [0.25, 0.3) is 0 Å². The number of rotatable bonds is 9. The van der Waals surface area contributed by atoms with E-state index in [4.69, 9.17) is 37.4 Å². The van der Waals surface area contributed by atoms with E-state index in [9.17, 15) is 4.79 Å². The van der Waals surface area contributed by atoms with Crippen molar-refractivity contribution in [3.05, 3.63) is 46.5 Å². The Morgan fingerprint density at radius 2 is 1.68 bits per heavy atom. The number of hydrogen-bond acceptors (Lipinski definition) is 8. The highest BCUT2D eigenvalue weighted by molar-refractivity contribution is 6.37. The summed E-state index contributed by atoms with van der Waals surface area (Å²) in [5.41, 5.74) is 1.32. The number of halogens is 2. The van der Waals surface area contributed by atoms with E-state index in [-0.39, 0.29) is 18.6 Å². The molecular weight excluding hydrogens is 519 g/mol. The molecule has 3 aromatic rings. The zero-order chi connectivity index (χ0) is 25.9. The molecule has 2 fully saturated rings. The average Bonchev–Trinajstić information content (AvgIpc) is 3.68. The van der Waals surface area contributed by atoms with Crippen LogP contribution in [-0.4, -0.2) is 57.9 Å². The van der Waals surface area contributed by atoms with Crippen molar-refractivity contribution >= 4 is 40.7 Å². The minimum Gasteiger partial charge on any atom is -0.495 e. The van der Waals surface area contributed by atoms with Crippen molar-refractivity contribution in [2.75, 3.05) is 32.6 Å². The highest BCUT2D eigenvalue weighted by atomic mass is 35.5. The van der Waals surface area contributed by atoms with Crippen LogP contribution in [0.4, 0.5) is 11.6 Å². The second-order valence-corrected chi connectivity index (χ2v) is 9.84. The highest BCUT2D eigenvalue weighted by Gasteiger charge is 2.35. The number of hydrogen-bond donors (Lipinski definition) is 1. The first-order valence-corrected chi connectivity index (χ1v) is 12.9. The summed E-state index contributed by atoms with van der Waals surface area (Å²) >= 11 is 12.8. The number of nitrogens with zero attached hydrogens (tertiary/aromatic N) is 5. The lowest BCUT2D eigenvalue weighted by molar-refractivity contribution is -0.133. The number of carbonyl (C=O) groups is 1. The van der Waals surface area contributed by atoms with Crippen LogP contribution in [0.1, 0.15) is 37.3 Å². The van der Waals surface area contributed by atoms with Crippen LogP contribution in [0.3, 0.4) is 0 Å². The van der Waals surface area contributed by atoms with Crippen molar-refractivity contribution in [2.45, 2.75) is 38.3 Å². The van der Waals surface area contributed by atoms with E-state index in [1.165, 1.54) is 14.2 Å². The number of amides is 1. The third-order valence-electron chi connectivity index (χ3n) is 6.61. The molecule has 0 spiro atoms. The summed E-state index contributed by atoms with van der Waals surface area (Å²) in [6, 6.07) is 1.89. The molecule has 0 bridgehead atoms. The second kappa shape index (κ2) is 11.0. The van der Waals surface area contributed by atoms with Gasteiger partial charge in [0.2, 0.25) is 11.9 Å². The van der Waals surface area contributed by atoms with Gasteiger partial charge in [-0.15, -0.1) is 0 Å². The van der Waals surface area contributed by atoms with Crippen molar-refractivity contribution in [2.24, 2.45) is 5.92 Å². The Morgan fingerprint density at radius 3 is 2.27 bits per heavy atom. The van der Waals surface area contributed by atoms with Gasteiger partial charge in [-0.2, -0.15) is 5.10 Å². The van der Waals surface area contributed by atoms with Gasteiger partial charge in [-0.25, -0.2) is 9.97 Å². The summed E-state index contributed by atoms with van der Waals surface area (Å²) in [7, 11) is 3.03. The van der Waals surface area contributed by atoms with Gasteiger partial charge < -0.3 is 24.4 Å². The number of methoxy groups -OCH3 is 2. The minimum atomic E-state index is 0.0825. The topological polar surface area (TPSA) is 104 Å². The van der Waals surface area contributed by atoms with Crippen molar-refractivity contribution in [1.82, 2.24) is 24.6 Å². The third-order valence-corrected chi connectivity index (χ3v) is 7.44. The quantitative estimate of drug-likeness (QED) is 0.404. The van der Waals surface area contributed by atoms with E-state index < -0.39 is 0 Å². The number of aromatic nitrogens is 4. The van der Waals surface area contributed by atoms with E-state index in [1.54, 1.807) is 24.7 Å². The smallest absolute Gasteiger partial charge is 0.227 e. The lowest BCUT2D eigenvalue weighted by Gasteiger charge is -2.32. The van der Waals surface area contributed by atoms with E-state index in [2.05, 4.69) is 20.4 Å². The molecule has 0 unspecified atom stereocenters. The zero-order valence-electron chi connectivity index (χ0n) is 20.6. The largest absolute Gasteiger partial charge is 0.495 e. The van der Waals surface area contributed by atoms with E-state index in [0.29, 0.717) is 44.7 Å². The fourth-order valence-electron chi connectivity index (χ4n) is 4.34. The van der Waals surface area contributed by atoms with Crippen LogP contribution in [0.15, 0.2) is 30.9 Å². The standard InChI is InChI=1S/C25H28Cl2N6O4/c1-35-20-9-21(36-2)23(27)19(22(20)26)14-37-18-11-28-25(29-12-18)31-16-10-30-33(13-16)17-5-7-32(8-6-17)24(34)15-3-4-15/h9-13,15,17H,3-8,14H2,1-2H3,(H,28,29,31). The van der Waals surface area contributed by atoms with E-state index >= 15 is 0 Å². The van der Waals surface area contributed by atoms with Gasteiger partial charge in [0.05, 0.1) is 54.6 Å². The molecule has 1 amide bonds. The van der Waals surface area contributed by atoms with E-state index in [1.807, 2.05) is 15.8 Å². The first kappa shape index (κ1) is 25.4. The molecule has 1 aliphatic carbocycles. The molecule has 37 heavy (non-hydrogen) atoms. The summed E-state index contributed by atoms with van der Waals surface area (Å²) in [5, 5.41) is 8.37. The molecule has 3 heterocycles. The first-order valence-electron chi connectivity index (χ1n) is 12.1. The normalized spacial score (nSPS) is 15.9. The Balaban J connectivity index is 1.16. The molecule has 2 aliphatic rings. The van der Waals surface area contributed by atoms with Crippen LogP contribution in [0.5, 0.6) is 17.2 Å². The molecular formula is C25H28Cl2N6O4. The first-order chi connectivity index (χ1) is 18.0. The molecule has 2 aromatic heterocycles. The molecule has 1 saturated carbocycles. The molecule has 1 aliphatic heterocycles. The van der Waals surface area contributed by atoms with Gasteiger partial charge in [-0.05, 0) is 25.7 Å². The Kier molecular flexibility index (Phi) is 7.57. The SMILES string of the molecule is COc1cc(OC)c(Cl)c(COc2cnc(Nc3cnn(C4CCN(C(=O)C5CC5)CC4)c3)nc2)c1Cl. The van der Waals surface area contributed by atoms with Crippen LogP contribution in [-0.2, 0) is 11.4 Å². The van der Waals surface area contributed by atoms with Crippen LogP contribution >= 0.6 is 23.2 Å². The van der Waals surface area contributed by atoms with Gasteiger partial charge in [0.15, 0.2) is 5.75 Å². The molecule has 0 radical (unpaired) electrons. The van der Waals surface area contributed by atoms with Gasteiger partial charge in [-0.3, -0.25) is 9.48 Å². The fourth-order valence-corrected chi connectivity index (χ4v) is 4.95. The van der Waals surface area contributed by atoms with Gasteiger partial charge in [0.1, 0.15) is 18.1 Å². The van der Waals surface area contributed by atoms with Crippen LogP contribution in [0.2, 0.25) is 10.0 Å². The molecule has 1 N–H and O–H groups in total. The van der Waals surface area contributed by atoms with Gasteiger partial charge in [0.25, 0.3) is 0 Å². The number of carbonyl (C=O) groups excluding carboxylic acids is 1. The maximum absolute atomic E-state index is 12.3. The summed E-state index contributed by atoms with van der Waals surface area (Å²) < 4.78 is 18.3. The number of nitrogens with one attached hydrogen (secondary N) is 1. The average molecular weight is 547 g/mol. The number of likely N-dealkylation sites (tertiary alicyclic amines) is 1. The fraction of sp³-hybridized carbons (Fsp3) is 0.440. The van der Waals surface area contributed by atoms with Crippen LogP contribution < -0.4 is 19.5 Å². The molecule has 10 nitrogen and oxygen atoms in total. The summed E-state index contributed by atoms with van der Waals surface area (Å²) in [5.74, 6) is 2.33. The predicted molar refractivity (Wildman–Crippen MR) is 139 cm³/mol. The summed E-state index contributed by atoms with van der Waals surface area (Å²) in [4.78, 5) is 22.9. The molecule has 0 atom stereocenters. The Bertz CT molecular complexity index is 1230. The molecule has 196 valence electrons. The zero-order valence-corrected chi connectivity index (χ0v) is 22.1. The maximum Gasteiger partial charge on any atom is 0.227 e. The molecule has 1 aromatic carbocycles. The molecule has 5 rings (SSSR count). The van der Waals surface area contributed by atoms with Gasteiger partial charge >= 0.3 is 0 Å². The molecule has 1 saturated heterocycles. The minimum absolute atomic E-state index is 0.0825. The monoisotopic (exact) mass is 546 g/mol. The lowest BCUT2D eigenvalue weighted by atomic mass is 10.0. The van der Waals surface area contributed by atoms with Crippen LogP contribution in [0, 0.1) is 5.92 Å². The van der Waals surface area contributed by atoms with Crippen molar-refractivity contribution in [1.29, 1.82) is 0 Å². The Morgan fingerprint density at radius 1 is 1.03 bits per heavy atom. The summed E-state index contributed by atoms with van der Waals surface area (Å²) in [6.07, 6.45) is 10.7. The number of ether oxygens (including phenoxy) is 3. The predicted octanol–water partition coefficient (Wildman–Crippen LogP) is 4.89.